The molecule has 0 amide bonds. The number of hydrogen-bond donors (Lipinski definition) is 0. The van der Waals surface area contributed by atoms with Gasteiger partial charge in [0.05, 0.1) is 15.4 Å². The monoisotopic (exact) mass is 373 g/mol. The maximum Gasteiger partial charge on any atom is 0.324 e. The van der Waals surface area contributed by atoms with E-state index in [0.717, 1.165) is 46.0 Å². The average molecular weight is 374 g/mol. The summed E-state index contributed by atoms with van der Waals surface area (Å²) in [4.78, 5) is 16.8. The maximum absolute atomic E-state index is 10.8. The lowest BCUT2D eigenvalue weighted by Crippen LogP contribution is -2.26. The summed E-state index contributed by atoms with van der Waals surface area (Å²) in [6.45, 7) is 6.80. The molecule has 1 aliphatic rings. The largest absolute Gasteiger partial charge is 0.324 e. The molecule has 25 heavy (non-hydrogen) atoms. The Morgan fingerprint density at radius 1 is 1.40 bits per heavy atom. The molecule has 0 saturated heterocycles. The molecule has 0 aromatic carbocycles. The summed E-state index contributed by atoms with van der Waals surface area (Å²) in [7, 11) is 0. The van der Waals surface area contributed by atoms with Crippen molar-refractivity contribution >= 4 is 38.9 Å². The fourth-order valence-electron chi connectivity index (χ4n) is 3.15. The molecule has 130 valence electrons. The number of nitro groups is 1. The molecule has 0 spiro atoms. The van der Waals surface area contributed by atoms with Crippen LogP contribution in [0.25, 0.3) is 0 Å². The summed E-state index contributed by atoms with van der Waals surface area (Å²) in [6.07, 6.45) is 4.65. The molecule has 0 radical (unpaired) electrons. The number of nitriles is 1. The normalized spacial score (nSPS) is 17.4. The average Bonchev–Trinajstić information content (AvgIpc) is 3.15. The van der Waals surface area contributed by atoms with E-state index in [1.165, 1.54) is 10.9 Å². The van der Waals surface area contributed by atoms with Crippen LogP contribution in [0, 0.1) is 32.8 Å². The lowest BCUT2D eigenvalue weighted by atomic mass is 9.72. The van der Waals surface area contributed by atoms with Crippen molar-refractivity contribution in [2.75, 3.05) is 0 Å². The second-order valence-corrected chi connectivity index (χ2v) is 9.47. The fraction of sp³-hybridized carbons (Fsp3) is 0.444. The van der Waals surface area contributed by atoms with Crippen LogP contribution in [-0.2, 0) is 12.8 Å². The van der Waals surface area contributed by atoms with E-state index < -0.39 is 4.92 Å². The zero-order chi connectivity index (χ0) is 18.2. The van der Waals surface area contributed by atoms with E-state index in [0.29, 0.717) is 11.5 Å². The predicted molar refractivity (Wildman–Crippen MR) is 102 cm³/mol. The van der Waals surface area contributed by atoms with E-state index in [9.17, 15) is 15.4 Å². The van der Waals surface area contributed by atoms with Crippen molar-refractivity contribution in [3.63, 3.8) is 0 Å². The van der Waals surface area contributed by atoms with Crippen LogP contribution in [0.2, 0.25) is 0 Å². The zero-order valence-electron chi connectivity index (χ0n) is 14.4. The van der Waals surface area contributed by atoms with Crippen LogP contribution in [-0.4, -0.2) is 11.1 Å². The van der Waals surface area contributed by atoms with Gasteiger partial charge in [0.2, 0.25) is 0 Å². The van der Waals surface area contributed by atoms with Gasteiger partial charge in [0.15, 0.2) is 0 Å². The Hall–Kier alpha value is -2.04. The number of rotatable bonds is 3. The Morgan fingerprint density at radius 2 is 2.16 bits per heavy atom. The van der Waals surface area contributed by atoms with Crippen LogP contribution in [0.15, 0.2) is 17.1 Å². The molecule has 2 aromatic rings. The van der Waals surface area contributed by atoms with Crippen LogP contribution in [0.5, 0.6) is 0 Å². The SMILES string of the molecule is CC(C)(C)[C@H]1CCc2c(sc(N=Cc3ccc([N+](=O)[O-])s3)c2C#N)C1. The third-order valence-corrected chi connectivity index (χ3v) is 6.82. The number of hydrogen-bond acceptors (Lipinski definition) is 6. The first-order chi connectivity index (χ1) is 11.8. The van der Waals surface area contributed by atoms with Crippen molar-refractivity contribution in [2.24, 2.45) is 16.3 Å². The summed E-state index contributed by atoms with van der Waals surface area (Å²) < 4.78 is 0. The van der Waals surface area contributed by atoms with Crippen molar-refractivity contribution in [3.05, 3.63) is 43.1 Å². The van der Waals surface area contributed by atoms with E-state index in [-0.39, 0.29) is 10.4 Å². The highest BCUT2D eigenvalue weighted by Gasteiger charge is 2.32. The van der Waals surface area contributed by atoms with E-state index in [2.05, 4.69) is 31.8 Å². The topological polar surface area (TPSA) is 79.3 Å². The summed E-state index contributed by atoms with van der Waals surface area (Å²) in [5, 5.41) is 21.1. The number of thiophene rings is 2. The quantitative estimate of drug-likeness (QED) is 0.405. The van der Waals surface area contributed by atoms with Gasteiger partial charge in [-0.05, 0) is 42.2 Å². The highest BCUT2D eigenvalue weighted by Crippen LogP contribution is 2.44. The molecule has 0 fully saturated rings. The van der Waals surface area contributed by atoms with Gasteiger partial charge >= 0.3 is 5.00 Å². The minimum Gasteiger partial charge on any atom is -0.258 e. The third kappa shape index (κ3) is 3.65. The van der Waals surface area contributed by atoms with Crippen LogP contribution < -0.4 is 0 Å². The summed E-state index contributed by atoms with van der Waals surface area (Å²) in [6, 6.07) is 5.47. The first-order valence-electron chi connectivity index (χ1n) is 8.12. The molecule has 2 aromatic heterocycles. The van der Waals surface area contributed by atoms with Gasteiger partial charge in [0.1, 0.15) is 11.1 Å². The van der Waals surface area contributed by atoms with Crippen LogP contribution in [0.1, 0.15) is 48.1 Å². The van der Waals surface area contributed by atoms with Crippen molar-refractivity contribution in [1.29, 1.82) is 5.26 Å². The summed E-state index contributed by atoms with van der Waals surface area (Å²) >= 11 is 2.67. The van der Waals surface area contributed by atoms with Gasteiger partial charge in [-0.1, -0.05) is 32.1 Å². The second kappa shape index (κ2) is 6.70. The molecule has 0 aliphatic heterocycles. The Bertz CT molecular complexity index is 881. The molecule has 0 bridgehead atoms. The highest BCUT2D eigenvalue weighted by molar-refractivity contribution is 7.17. The Balaban J connectivity index is 1.88. The van der Waals surface area contributed by atoms with E-state index in [4.69, 9.17) is 0 Å². The van der Waals surface area contributed by atoms with E-state index in [1.54, 1.807) is 23.6 Å². The van der Waals surface area contributed by atoms with Crippen molar-refractivity contribution in [2.45, 2.75) is 40.0 Å². The molecule has 5 nitrogen and oxygen atoms in total. The van der Waals surface area contributed by atoms with Crippen molar-refractivity contribution < 1.29 is 4.92 Å². The molecule has 0 saturated carbocycles. The molecule has 0 unspecified atom stereocenters. The van der Waals surface area contributed by atoms with Gasteiger partial charge in [-0.3, -0.25) is 10.1 Å². The minimum atomic E-state index is -0.404. The third-order valence-electron chi connectivity index (χ3n) is 4.68. The van der Waals surface area contributed by atoms with Crippen molar-refractivity contribution in [3.8, 4) is 6.07 Å². The van der Waals surface area contributed by atoms with Gasteiger partial charge in [-0.25, -0.2) is 4.99 Å². The van der Waals surface area contributed by atoms with E-state index in [1.807, 2.05) is 0 Å². The first kappa shape index (κ1) is 17.8. The number of fused-ring (bicyclic) bond motifs is 1. The van der Waals surface area contributed by atoms with Crippen LogP contribution >= 0.6 is 22.7 Å². The standard InChI is InChI=1S/C18H19N3O2S2/c1-18(2,3)11-4-6-13-14(9-19)17(25-15(13)8-11)20-10-12-5-7-16(24-12)21(22)23/h5,7,10-11H,4,6,8H2,1-3H3/t11-/m0/s1. The van der Waals surface area contributed by atoms with Gasteiger partial charge in [0.25, 0.3) is 0 Å². The Morgan fingerprint density at radius 3 is 2.76 bits per heavy atom. The van der Waals surface area contributed by atoms with Gasteiger partial charge in [-0.15, -0.1) is 11.3 Å². The molecular formula is C18H19N3O2S2. The molecule has 0 N–H and O–H groups in total. The molecule has 3 rings (SSSR count). The smallest absolute Gasteiger partial charge is 0.258 e. The summed E-state index contributed by atoms with van der Waals surface area (Å²) in [5.74, 6) is 0.613. The Labute approximate surface area is 154 Å². The number of nitrogens with zero attached hydrogens (tertiary/aromatic N) is 3. The summed E-state index contributed by atoms with van der Waals surface area (Å²) in [5.41, 5.74) is 2.08. The predicted octanol–water partition coefficient (Wildman–Crippen LogP) is 5.49. The Kier molecular flexibility index (Phi) is 4.76. The van der Waals surface area contributed by atoms with Crippen LogP contribution in [0.3, 0.4) is 0 Å². The molecule has 2 heterocycles. The van der Waals surface area contributed by atoms with Crippen molar-refractivity contribution in [1.82, 2.24) is 0 Å². The lowest BCUT2D eigenvalue weighted by Gasteiger charge is -2.33. The maximum atomic E-state index is 10.8. The van der Waals surface area contributed by atoms with E-state index >= 15 is 0 Å². The molecule has 7 heteroatoms. The fourth-order valence-corrected chi connectivity index (χ4v) is 5.06. The molecular weight excluding hydrogens is 354 g/mol. The first-order valence-corrected chi connectivity index (χ1v) is 9.76. The van der Waals surface area contributed by atoms with Crippen LogP contribution in [0.4, 0.5) is 10.0 Å². The molecule has 1 atom stereocenters. The number of aliphatic imine (C=N–C) groups is 1. The zero-order valence-corrected chi connectivity index (χ0v) is 16.0. The van der Waals surface area contributed by atoms with Gasteiger partial charge in [-0.2, -0.15) is 5.26 Å². The second-order valence-electron chi connectivity index (χ2n) is 7.29. The minimum absolute atomic E-state index is 0.0976. The molecule has 1 aliphatic carbocycles. The lowest BCUT2D eigenvalue weighted by molar-refractivity contribution is -0.380. The van der Waals surface area contributed by atoms with Gasteiger partial charge in [0, 0.05) is 17.2 Å². The van der Waals surface area contributed by atoms with Gasteiger partial charge < -0.3 is 0 Å². The highest BCUT2D eigenvalue weighted by atomic mass is 32.1.